The predicted molar refractivity (Wildman–Crippen MR) is 96.1 cm³/mol. The summed E-state index contributed by atoms with van der Waals surface area (Å²) in [5.74, 6) is -0.580. The lowest BCUT2D eigenvalue weighted by Crippen LogP contribution is -2.28. The van der Waals surface area contributed by atoms with Crippen LogP contribution in [0.15, 0.2) is 53.6 Å². The van der Waals surface area contributed by atoms with E-state index in [1.165, 1.54) is 17.8 Å². The van der Waals surface area contributed by atoms with Gasteiger partial charge in [-0.3, -0.25) is 19.0 Å². The van der Waals surface area contributed by atoms with E-state index < -0.39 is 5.91 Å². The third kappa shape index (κ3) is 3.59. The number of Topliss-reactive ketones (excluding diaryl/α,β-unsaturated/α-hetero) is 1. The summed E-state index contributed by atoms with van der Waals surface area (Å²) >= 11 is 5.89. The number of halogens is 1. The van der Waals surface area contributed by atoms with E-state index in [2.05, 4.69) is 10.3 Å². The Hall–Kier alpha value is -2.99. The minimum absolute atomic E-state index is 0.155. The van der Waals surface area contributed by atoms with Crippen LogP contribution in [0.2, 0.25) is 5.02 Å². The third-order valence-corrected chi connectivity index (χ3v) is 3.92. The summed E-state index contributed by atoms with van der Waals surface area (Å²) in [4.78, 5) is 40.5. The van der Waals surface area contributed by atoms with Gasteiger partial charge in [-0.2, -0.15) is 0 Å². The van der Waals surface area contributed by atoms with E-state index in [0.717, 1.165) is 0 Å². The van der Waals surface area contributed by atoms with Crippen molar-refractivity contribution in [1.29, 1.82) is 0 Å². The van der Waals surface area contributed by atoms with Gasteiger partial charge in [-0.1, -0.05) is 23.7 Å². The number of fused-ring (bicyclic) bond motifs is 1. The van der Waals surface area contributed by atoms with Gasteiger partial charge >= 0.3 is 0 Å². The predicted octanol–water partition coefficient (Wildman–Crippen LogP) is 2.89. The van der Waals surface area contributed by atoms with Gasteiger partial charge in [0.15, 0.2) is 5.78 Å². The first-order valence-electron chi connectivity index (χ1n) is 7.50. The number of hydrogen-bond donors (Lipinski definition) is 1. The highest BCUT2D eigenvalue weighted by Crippen LogP contribution is 2.16. The summed E-state index contributed by atoms with van der Waals surface area (Å²) in [6.45, 7) is 1.21. The zero-order valence-electron chi connectivity index (χ0n) is 13.3. The maximum absolute atomic E-state index is 12.4. The molecule has 0 radical (unpaired) electrons. The molecule has 126 valence electrons. The van der Waals surface area contributed by atoms with Crippen LogP contribution in [0.4, 0.5) is 5.69 Å². The minimum Gasteiger partial charge on any atom is -0.324 e. The average Bonchev–Trinajstić information content (AvgIpc) is 2.57. The average molecular weight is 356 g/mol. The van der Waals surface area contributed by atoms with Crippen molar-refractivity contribution in [3.8, 4) is 0 Å². The first kappa shape index (κ1) is 16.9. The van der Waals surface area contributed by atoms with E-state index in [-0.39, 0.29) is 17.9 Å². The molecule has 2 aromatic carbocycles. The summed E-state index contributed by atoms with van der Waals surface area (Å²) in [5, 5.41) is 3.52. The first-order valence-corrected chi connectivity index (χ1v) is 7.88. The molecule has 1 amide bonds. The van der Waals surface area contributed by atoms with Gasteiger partial charge in [0.1, 0.15) is 6.54 Å². The Labute approximate surface area is 148 Å². The van der Waals surface area contributed by atoms with Gasteiger partial charge in [0.25, 0.3) is 5.56 Å². The van der Waals surface area contributed by atoms with E-state index >= 15 is 0 Å². The summed E-state index contributed by atoms with van der Waals surface area (Å²) in [7, 11) is 0. The molecular weight excluding hydrogens is 342 g/mol. The van der Waals surface area contributed by atoms with E-state index in [4.69, 9.17) is 11.6 Å². The molecule has 1 heterocycles. The summed E-state index contributed by atoms with van der Waals surface area (Å²) in [6.07, 6.45) is 1.30. The van der Waals surface area contributed by atoms with Crippen molar-refractivity contribution in [2.24, 2.45) is 0 Å². The van der Waals surface area contributed by atoms with Crippen LogP contribution in [0.3, 0.4) is 0 Å². The zero-order valence-corrected chi connectivity index (χ0v) is 14.1. The molecule has 3 rings (SSSR count). The number of anilines is 1. The first-order chi connectivity index (χ1) is 12.0. The lowest BCUT2D eigenvalue weighted by atomic mass is 10.1. The number of carbonyl (C=O) groups is 2. The number of ketones is 1. The quantitative estimate of drug-likeness (QED) is 0.730. The van der Waals surface area contributed by atoms with E-state index in [0.29, 0.717) is 27.2 Å². The molecule has 0 aliphatic rings. The molecule has 7 heteroatoms. The summed E-state index contributed by atoms with van der Waals surface area (Å²) < 4.78 is 1.21. The van der Waals surface area contributed by atoms with Crippen molar-refractivity contribution in [3.05, 3.63) is 69.7 Å². The molecule has 0 aliphatic heterocycles. The van der Waals surface area contributed by atoms with Gasteiger partial charge in [0.05, 0.1) is 22.9 Å². The van der Waals surface area contributed by atoms with Crippen molar-refractivity contribution in [2.75, 3.05) is 5.32 Å². The van der Waals surface area contributed by atoms with Crippen molar-refractivity contribution < 1.29 is 9.59 Å². The second-order valence-corrected chi connectivity index (χ2v) is 5.93. The number of nitrogens with zero attached hydrogens (tertiary/aromatic N) is 2. The van der Waals surface area contributed by atoms with Crippen LogP contribution in [0.25, 0.3) is 10.9 Å². The van der Waals surface area contributed by atoms with Gasteiger partial charge in [-0.15, -0.1) is 0 Å². The fourth-order valence-corrected chi connectivity index (χ4v) is 2.65. The molecule has 6 nitrogen and oxygen atoms in total. The number of nitrogens with one attached hydrogen (secondary N) is 1. The van der Waals surface area contributed by atoms with Gasteiger partial charge in [0.2, 0.25) is 5.91 Å². The number of rotatable bonds is 4. The topological polar surface area (TPSA) is 81.1 Å². The van der Waals surface area contributed by atoms with Crippen molar-refractivity contribution in [3.63, 3.8) is 0 Å². The van der Waals surface area contributed by atoms with Crippen LogP contribution in [-0.4, -0.2) is 21.2 Å². The highest BCUT2D eigenvalue weighted by molar-refractivity contribution is 6.31. The summed E-state index contributed by atoms with van der Waals surface area (Å²) in [5.41, 5.74) is 0.954. The molecule has 1 aromatic heterocycles. The molecule has 0 unspecified atom stereocenters. The number of carbonyl (C=O) groups excluding carboxylic acids is 2. The Balaban J connectivity index is 1.86. The molecule has 0 spiro atoms. The van der Waals surface area contributed by atoms with Crippen LogP contribution in [0, 0.1) is 0 Å². The van der Waals surface area contributed by atoms with E-state index in [1.54, 1.807) is 42.5 Å². The fourth-order valence-electron chi connectivity index (χ4n) is 2.49. The number of aromatic nitrogens is 2. The van der Waals surface area contributed by atoms with E-state index in [1.807, 2.05) is 0 Å². The van der Waals surface area contributed by atoms with Crippen LogP contribution in [-0.2, 0) is 11.3 Å². The molecule has 1 N–H and O–H groups in total. The normalized spacial score (nSPS) is 10.6. The fraction of sp³-hybridized carbons (Fsp3) is 0.111. The second-order valence-electron chi connectivity index (χ2n) is 5.49. The number of hydrogen-bond acceptors (Lipinski definition) is 4. The smallest absolute Gasteiger partial charge is 0.261 e. The molecule has 25 heavy (non-hydrogen) atoms. The lowest BCUT2D eigenvalue weighted by molar-refractivity contribution is -0.116. The largest absolute Gasteiger partial charge is 0.324 e. The molecule has 0 fully saturated rings. The molecular formula is C18H14ClN3O3. The Bertz CT molecular complexity index is 1040. The molecule has 0 saturated heterocycles. The molecule has 0 atom stereocenters. The Kier molecular flexibility index (Phi) is 4.63. The Morgan fingerprint density at radius 2 is 1.96 bits per heavy atom. The third-order valence-electron chi connectivity index (χ3n) is 3.68. The summed E-state index contributed by atoms with van der Waals surface area (Å²) in [6, 6.07) is 11.5. The highest BCUT2D eigenvalue weighted by atomic mass is 35.5. The molecule has 0 bridgehead atoms. The van der Waals surface area contributed by atoms with Crippen LogP contribution in [0.1, 0.15) is 17.3 Å². The van der Waals surface area contributed by atoms with Crippen LogP contribution < -0.4 is 10.9 Å². The molecule has 0 aliphatic carbocycles. The molecule has 0 saturated carbocycles. The number of benzene rings is 2. The Morgan fingerprint density at radius 3 is 2.72 bits per heavy atom. The van der Waals surface area contributed by atoms with Crippen molar-refractivity contribution in [1.82, 2.24) is 9.55 Å². The SMILES string of the molecule is CC(=O)c1ccccc1NC(=O)Cn1cnc2cc(Cl)ccc2c1=O. The van der Waals surface area contributed by atoms with Crippen LogP contribution in [0.5, 0.6) is 0 Å². The standard InChI is InChI=1S/C18H14ClN3O3/c1-11(23)13-4-2-3-5-15(13)21-17(24)9-22-10-20-16-8-12(19)6-7-14(16)18(22)25/h2-8,10H,9H2,1H3,(H,21,24). The number of para-hydroxylation sites is 1. The monoisotopic (exact) mass is 355 g/mol. The van der Waals surface area contributed by atoms with Crippen molar-refractivity contribution in [2.45, 2.75) is 13.5 Å². The van der Waals surface area contributed by atoms with Gasteiger partial charge in [-0.25, -0.2) is 4.98 Å². The Morgan fingerprint density at radius 1 is 1.20 bits per heavy atom. The lowest BCUT2D eigenvalue weighted by Gasteiger charge is -2.10. The minimum atomic E-state index is -0.425. The maximum atomic E-state index is 12.4. The highest BCUT2D eigenvalue weighted by Gasteiger charge is 2.12. The van der Waals surface area contributed by atoms with Gasteiger partial charge in [-0.05, 0) is 37.3 Å². The van der Waals surface area contributed by atoms with Crippen LogP contribution >= 0.6 is 11.6 Å². The second kappa shape index (κ2) is 6.86. The van der Waals surface area contributed by atoms with Gasteiger partial charge in [0, 0.05) is 10.6 Å². The number of amides is 1. The maximum Gasteiger partial charge on any atom is 0.261 e. The van der Waals surface area contributed by atoms with Crippen molar-refractivity contribution >= 4 is 39.9 Å². The molecule has 3 aromatic rings. The van der Waals surface area contributed by atoms with Gasteiger partial charge < -0.3 is 5.32 Å². The zero-order chi connectivity index (χ0) is 18.0. The van der Waals surface area contributed by atoms with E-state index in [9.17, 15) is 14.4 Å².